The van der Waals surface area contributed by atoms with Crippen molar-refractivity contribution in [3.63, 3.8) is 0 Å². The Kier molecular flexibility index (Phi) is 4.11. The minimum Gasteiger partial charge on any atom is -0.336 e. The van der Waals surface area contributed by atoms with Crippen LogP contribution in [0.25, 0.3) is 0 Å². The van der Waals surface area contributed by atoms with Crippen molar-refractivity contribution in [1.29, 1.82) is 0 Å². The first-order chi connectivity index (χ1) is 12.0. The lowest BCUT2D eigenvalue weighted by Gasteiger charge is -2.40. The van der Waals surface area contributed by atoms with Crippen LogP contribution in [-0.2, 0) is 24.8 Å². The summed E-state index contributed by atoms with van der Waals surface area (Å²) in [5, 5.41) is 8.47. The second-order valence-corrected chi connectivity index (χ2v) is 7.27. The van der Waals surface area contributed by atoms with E-state index in [1.165, 1.54) is 12.1 Å². The quantitative estimate of drug-likeness (QED) is 0.916. The van der Waals surface area contributed by atoms with Crippen molar-refractivity contribution in [2.45, 2.75) is 57.3 Å². The Hall–Kier alpha value is -2.15. The zero-order valence-electron chi connectivity index (χ0n) is 15.1. The van der Waals surface area contributed by atoms with Gasteiger partial charge in [-0.1, -0.05) is 0 Å². The third kappa shape index (κ3) is 2.86. The zero-order valence-corrected chi connectivity index (χ0v) is 15.1. The van der Waals surface area contributed by atoms with Crippen molar-refractivity contribution in [3.8, 4) is 0 Å². The van der Waals surface area contributed by atoms with Crippen LogP contribution >= 0.6 is 0 Å². The molecule has 1 unspecified atom stereocenters. The second-order valence-electron chi connectivity index (χ2n) is 7.27. The molecule has 2 aliphatic rings. The SMILES string of the molecule is CC(N[C@@H]1CCC(=O)N(C)[C@H]1c1nccn1C)c1cc2n(n1)CCC2. The molecule has 0 aromatic carbocycles. The molecule has 1 amide bonds. The molecule has 0 saturated carbocycles. The van der Waals surface area contributed by atoms with Crippen LogP contribution in [-0.4, -0.2) is 43.2 Å². The van der Waals surface area contributed by atoms with Gasteiger partial charge in [-0.15, -0.1) is 0 Å². The monoisotopic (exact) mass is 342 g/mol. The van der Waals surface area contributed by atoms with Gasteiger partial charge in [-0.3, -0.25) is 9.48 Å². The number of aromatic nitrogens is 4. The molecule has 2 aromatic rings. The molecule has 0 spiro atoms. The Morgan fingerprint density at radius 1 is 1.32 bits per heavy atom. The van der Waals surface area contributed by atoms with Crippen LogP contribution in [0.5, 0.6) is 0 Å². The Labute approximate surface area is 148 Å². The minimum atomic E-state index is -0.0573. The van der Waals surface area contributed by atoms with E-state index in [-0.39, 0.29) is 24.0 Å². The first kappa shape index (κ1) is 16.3. The van der Waals surface area contributed by atoms with E-state index in [2.05, 4.69) is 28.0 Å². The van der Waals surface area contributed by atoms with E-state index in [4.69, 9.17) is 5.10 Å². The third-order valence-corrected chi connectivity index (χ3v) is 5.58. The summed E-state index contributed by atoms with van der Waals surface area (Å²) in [6.07, 6.45) is 7.43. The summed E-state index contributed by atoms with van der Waals surface area (Å²) in [6.45, 7) is 3.18. The lowest BCUT2D eigenvalue weighted by atomic mass is 9.94. The first-order valence-electron chi connectivity index (χ1n) is 9.10. The normalized spacial score (nSPS) is 24.6. The van der Waals surface area contributed by atoms with E-state index < -0.39 is 0 Å². The summed E-state index contributed by atoms with van der Waals surface area (Å²) < 4.78 is 4.13. The van der Waals surface area contributed by atoms with Crippen LogP contribution in [0, 0.1) is 0 Å². The Morgan fingerprint density at radius 3 is 2.88 bits per heavy atom. The molecule has 1 fully saturated rings. The number of piperidine rings is 1. The number of likely N-dealkylation sites (N-methyl/N-ethyl adjacent to an activating group) is 1. The fraction of sp³-hybridized carbons (Fsp3) is 0.611. The Morgan fingerprint density at radius 2 is 2.16 bits per heavy atom. The summed E-state index contributed by atoms with van der Waals surface area (Å²) in [6, 6.07) is 2.47. The van der Waals surface area contributed by atoms with Gasteiger partial charge in [-0.05, 0) is 32.3 Å². The molecule has 134 valence electrons. The first-order valence-corrected chi connectivity index (χ1v) is 9.10. The molecule has 7 heteroatoms. The van der Waals surface area contributed by atoms with Crippen molar-refractivity contribution >= 4 is 5.91 Å². The predicted octanol–water partition coefficient (Wildman–Crippen LogP) is 1.58. The number of likely N-dealkylation sites (tertiary alicyclic amines) is 1. The van der Waals surface area contributed by atoms with Crippen LogP contribution in [0.2, 0.25) is 0 Å². The van der Waals surface area contributed by atoms with E-state index in [1.807, 2.05) is 29.8 Å². The molecule has 3 atom stereocenters. The maximum Gasteiger partial charge on any atom is 0.223 e. The number of imidazole rings is 1. The number of hydrogen-bond acceptors (Lipinski definition) is 4. The highest BCUT2D eigenvalue weighted by Gasteiger charge is 2.37. The van der Waals surface area contributed by atoms with Crippen LogP contribution in [0.1, 0.15) is 55.5 Å². The average Bonchev–Trinajstić information content (AvgIpc) is 3.27. The smallest absolute Gasteiger partial charge is 0.223 e. The molecule has 25 heavy (non-hydrogen) atoms. The summed E-state index contributed by atoms with van der Waals surface area (Å²) in [5.74, 6) is 1.10. The van der Waals surface area contributed by atoms with Crippen molar-refractivity contribution in [2.75, 3.05) is 7.05 Å². The lowest BCUT2D eigenvalue weighted by molar-refractivity contribution is -0.136. The average molecular weight is 342 g/mol. The third-order valence-electron chi connectivity index (χ3n) is 5.58. The van der Waals surface area contributed by atoms with Gasteiger partial charge in [0.15, 0.2) is 0 Å². The highest BCUT2D eigenvalue weighted by molar-refractivity contribution is 5.77. The summed E-state index contributed by atoms with van der Waals surface area (Å²) in [5.41, 5.74) is 2.42. The van der Waals surface area contributed by atoms with Crippen LogP contribution < -0.4 is 5.32 Å². The molecular formula is C18H26N6O. The minimum absolute atomic E-state index is 0.0573. The molecule has 1 saturated heterocycles. The number of carbonyl (C=O) groups excluding carboxylic acids is 1. The van der Waals surface area contributed by atoms with Crippen molar-refractivity contribution in [1.82, 2.24) is 29.5 Å². The summed E-state index contributed by atoms with van der Waals surface area (Å²) in [4.78, 5) is 18.6. The number of nitrogens with zero attached hydrogens (tertiary/aromatic N) is 5. The van der Waals surface area contributed by atoms with E-state index in [1.54, 1.807) is 6.20 Å². The molecule has 0 bridgehead atoms. The van der Waals surface area contributed by atoms with Gasteiger partial charge in [-0.2, -0.15) is 5.10 Å². The Bertz CT molecular complexity index is 757. The fourth-order valence-corrected chi connectivity index (χ4v) is 4.13. The predicted molar refractivity (Wildman–Crippen MR) is 93.8 cm³/mol. The van der Waals surface area contributed by atoms with E-state index in [9.17, 15) is 4.79 Å². The van der Waals surface area contributed by atoms with Gasteiger partial charge < -0.3 is 14.8 Å². The van der Waals surface area contributed by atoms with Gasteiger partial charge in [-0.25, -0.2) is 4.98 Å². The lowest BCUT2D eigenvalue weighted by Crippen LogP contribution is -2.50. The topological polar surface area (TPSA) is 68.0 Å². The largest absolute Gasteiger partial charge is 0.336 e. The van der Waals surface area contributed by atoms with E-state index >= 15 is 0 Å². The number of hydrogen-bond donors (Lipinski definition) is 1. The molecular weight excluding hydrogens is 316 g/mol. The number of nitrogens with one attached hydrogen (secondary N) is 1. The highest BCUT2D eigenvalue weighted by atomic mass is 16.2. The van der Waals surface area contributed by atoms with Gasteiger partial charge in [0.25, 0.3) is 0 Å². The van der Waals surface area contributed by atoms with Crippen molar-refractivity contribution < 1.29 is 4.79 Å². The molecule has 0 radical (unpaired) electrons. The van der Waals surface area contributed by atoms with Crippen LogP contribution in [0.3, 0.4) is 0 Å². The maximum absolute atomic E-state index is 12.3. The summed E-state index contributed by atoms with van der Waals surface area (Å²) >= 11 is 0. The number of amides is 1. The molecule has 4 rings (SSSR count). The van der Waals surface area contributed by atoms with Crippen LogP contribution in [0.4, 0.5) is 0 Å². The second kappa shape index (κ2) is 6.29. The van der Waals surface area contributed by atoms with Gasteiger partial charge in [0, 0.05) is 57.2 Å². The molecule has 1 N–H and O–H groups in total. The molecule has 0 aliphatic carbocycles. The van der Waals surface area contributed by atoms with Gasteiger partial charge >= 0.3 is 0 Å². The van der Waals surface area contributed by atoms with Crippen LogP contribution in [0.15, 0.2) is 18.5 Å². The van der Waals surface area contributed by atoms with Gasteiger partial charge in [0.2, 0.25) is 5.91 Å². The number of aryl methyl sites for hydroxylation is 3. The molecule has 4 heterocycles. The van der Waals surface area contributed by atoms with Crippen molar-refractivity contribution in [2.24, 2.45) is 7.05 Å². The number of rotatable bonds is 4. The zero-order chi connectivity index (χ0) is 17.6. The number of carbonyl (C=O) groups is 1. The highest BCUT2D eigenvalue weighted by Crippen LogP contribution is 2.31. The molecule has 2 aromatic heterocycles. The van der Waals surface area contributed by atoms with E-state index in [0.29, 0.717) is 6.42 Å². The van der Waals surface area contributed by atoms with Gasteiger partial charge in [0.05, 0.1) is 5.69 Å². The summed E-state index contributed by atoms with van der Waals surface area (Å²) in [7, 11) is 3.86. The maximum atomic E-state index is 12.3. The molecule has 2 aliphatic heterocycles. The Balaban J connectivity index is 1.56. The van der Waals surface area contributed by atoms with Gasteiger partial charge in [0.1, 0.15) is 11.9 Å². The number of fused-ring (bicyclic) bond motifs is 1. The van der Waals surface area contributed by atoms with Crippen molar-refractivity contribution in [3.05, 3.63) is 35.7 Å². The fourth-order valence-electron chi connectivity index (χ4n) is 4.13. The standard InChI is InChI=1S/C18H26N6O/c1-12(15-11-13-5-4-9-24(13)21-15)20-14-6-7-16(25)23(3)17(14)18-19-8-10-22(18)2/h8,10-12,14,17,20H,4-7,9H2,1-3H3/t12?,14-,17-/m1/s1. The van der Waals surface area contributed by atoms with E-state index in [0.717, 1.165) is 30.9 Å². The molecule has 7 nitrogen and oxygen atoms in total.